The smallest absolute Gasteiger partial charge is 0.290 e. The first-order chi connectivity index (χ1) is 7.21. The molecule has 0 radical (unpaired) electrons. The van der Waals surface area contributed by atoms with E-state index in [-0.39, 0.29) is 6.47 Å². The van der Waals surface area contributed by atoms with Gasteiger partial charge in [0.05, 0.1) is 5.69 Å². The minimum Gasteiger partial charge on any atom is -0.483 e. The van der Waals surface area contributed by atoms with Crippen LogP contribution in [0, 0.1) is 6.92 Å². The zero-order chi connectivity index (χ0) is 11.7. The quantitative estimate of drug-likeness (QED) is 0.466. The topological polar surface area (TPSA) is 65.3 Å². The number of hydrogen-bond acceptors (Lipinski definition) is 4. The van der Waals surface area contributed by atoms with E-state index >= 15 is 0 Å². The van der Waals surface area contributed by atoms with Crippen molar-refractivity contribution in [3.05, 3.63) is 29.8 Å². The molecule has 1 aromatic rings. The van der Waals surface area contributed by atoms with Crippen LogP contribution < -0.4 is 5.12 Å². The lowest BCUT2D eigenvalue weighted by molar-refractivity contribution is -0.122. The molecule has 0 aliphatic carbocycles. The van der Waals surface area contributed by atoms with E-state index in [0.29, 0.717) is 0 Å². The number of aryl methyl sites for hydroxylation is 1. The normalized spacial score (nSPS) is 8.07. The highest BCUT2D eigenvalue weighted by molar-refractivity contribution is 5.54. The van der Waals surface area contributed by atoms with Crippen LogP contribution in [-0.2, 0) is 4.79 Å². The number of rotatable bonds is 3. The number of hydrogen-bond donors (Lipinski definition) is 1. The Bertz CT molecular complexity index is 331. The Hall–Kier alpha value is -2.17. The summed E-state index contributed by atoms with van der Waals surface area (Å²) in [6.07, 6.45) is 0. The first-order valence-corrected chi connectivity index (χ1v) is 4.08. The van der Waals surface area contributed by atoms with Gasteiger partial charge in [0.25, 0.3) is 6.47 Å². The molecule has 0 fully saturated rings. The molecule has 1 rings (SSSR count). The van der Waals surface area contributed by atoms with E-state index in [1.54, 1.807) is 0 Å². The Labute approximate surface area is 88.3 Å². The highest BCUT2D eigenvalue weighted by atomic mass is 16.3. The van der Waals surface area contributed by atoms with Gasteiger partial charge in [0, 0.05) is 13.4 Å². The predicted octanol–water partition coefficient (Wildman–Crippen LogP) is 1.73. The number of carbonyl (C=O) groups is 1. The first kappa shape index (κ1) is 12.8. The highest BCUT2D eigenvalue weighted by Crippen LogP contribution is 2.18. The first-order valence-electron chi connectivity index (χ1n) is 4.08. The van der Waals surface area contributed by atoms with E-state index in [4.69, 9.17) is 9.90 Å². The molecule has 0 aromatic heterocycles. The molecule has 0 unspecified atom stereocenters. The molecule has 0 aliphatic rings. The van der Waals surface area contributed by atoms with Gasteiger partial charge in [-0.25, -0.2) is 0 Å². The number of nitrogens with zero attached hydrogens (tertiary/aromatic N) is 3. The van der Waals surface area contributed by atoms with E-state index in [2.05, 4.69) is 23.6 Å². The fourth-order valence-corrected chi connectivity index (χ4v) is 0.985. The summed E-state index contributed by atoms with van der Waals surface area (Å²) in [5, 5.41) is 15.7. The summed E-state index contributed by atoms with van der Waals surface area (Å²) in [4.78, 5) is 8.36. The summed E-state index contributed by atoms with van der Waals surface area (Å²) in [5.41, 5.74) is 2.00. The lowest BCUT2D eigenvalue weighted by atomic mass is 10.2. The second-order valence-electron chi connectivity index (χ2n) is 2.46. The van der Waals surface area contributed by atoms with E-state index in [1.165, 1.54) is 5.12 Å². The highest BCUT2D eigenvalue weighted by Gasteiger charge is 2.02. The zero-order valence-corrected chi connectivity index (χ0v) is 8.50. The summed E-state index contributed by atoms with van der Waals surface area (Å²) in [6.45, 7) is 8.52. The molecule has 0 aliphatic heterocycles. The van der Waals surface area contributed by atoms with Gasteiger partial charge in [-0.2, -0.15) is 15.3 Å². The molecule has 0 atom stereocenters. The van der Waals surface area contributed by atoms with Crippen LogP contribution in [0.2, 0.25) is 0 Å². The van der Waals surface area contributed by atoms with Crippen LogP contribution in [0.5, 0.6) is 0 Å². The largest absolute Gasteiger partial charge is 0.483 e. The molecule has 15 heavy (non-hydrogen) atoms. The van der Waals surface area contributed by atoms with Crippen molar-refractivity contribution >= 4 is 25.6 Å². The number of hydrazone groups is 2. The van der Waals surface area contributed by atoms with Gasteiger partial charge in [0.1, 0.15) is 0 Å². The van der Waals surface area contributed by atoms with Crippen LogP contribution in [-0.4, -0.2) is 25.0 Å². The fraction of sp³-hybridized carbons (Fsp3) is 0.100. The second-order valence-corrected chi connectivity index (χ2v) is 2.46. The average Bonchev–Trinajstić information content (AvgIpc) is 2.24. The summed E-state index contributed by atoms with van der Waals surface area (Å²) in [6, 6.07) is 7.78. The van der Waals surface area contributed by atoms with E-state index in [0.717, 1.165) is 11.3 Å². The Balaban J connectivity index is 0.000000583. The van der Waals surface area contributed by atoms with Gasteiger partial charge >= 0.3 is 0 Å². The van der Waals surface area contributed by atoms with E-state index < -0.39 is 0 Å². The van der Waals surface area contributed by atoms with Gasteiger partial charge in [-0.15, -0.1) is 0 Å². The maximum atomic E-state index is 8.36. The Morgan fingerprint density at radius 2 is 1.80 bits per heavy atom. The molecule has 0 heterocycles. The molecule has 0 spiro atoms. The van der Waals surface area contributed by atoms with Crippen LogP contribution >= 0.6 is 0 Å². The third-order valence-corrected chi connectivity index (χ3v) is 1.60. The molecule has 0 saturated carbocycles. The molecule has 0 bridgehead atoms. The minimum atomic E-state index is -0.250. The number of carboxylic acid groups (broad SMARTS) is 1. The SMILES string of the molecule is C=NN(N=C)c1ccccc1C.O=CO. The van der Waals surface area contributed by atoms with Crippen molar-refractivity contribution in [3.63, 3.8) is 0 Å². The van der Waals surface area contributed by atoms with Crippen molar-refractivity contribution < 1.29 is 9.90 Å². The molecule has 5 nitrogen and oxygen atoms in total. The van der Waals surface area contributed by atoms with Gasteiger partial charge in [-0.3, -0.25) is 4.79 Å². The molecule has 0 saturated heterocycles. The molecule has 1 aromatic carbocycles. The Morgan fingerprint density at radius 3 is 2.20 bits per heavy atom. The van der Waals surface area contributed by atoms with Crippen molar-refractivity contribution in [2.24, 2.45) is 10.2 Å². The summed E-state index contributed by atoms with van der Waals surface area (Å²) in [7, 11) is 0. The monoisotopic (exact) mass is 207 g/mol. The number of anilines is 1. The van der Waals surface area contributed by atoms with Gasteiger partial charge in [0.2, 0.25) is 0 Å². The molecule has 0 amide bonds. The summed E-state index contributed by atoms with van der Waals surface area (Å²) < 4.78 is 0. The third-order valence-electron chi connectivity index (χ3n) is 1.60. The van der Waals surface area contributed by atoms with Gasteiger partial charge < -0.3 is 5.11 Å². The fourth-order valence-electron chi connectivity index (χ4n) is 0.985. The van der Waals surface area contributed by atoms with Crippen LogP contribution in [0.25, 0.3) is 0 Å². The van der Waals surface area contributed by atoms with E-state index in [9.17, 15) is 0 Å². The van der Waals surface area contributed by atoms with Gasteiger partial charge in [-0.05, 0) is 18.6 Å². The predicted molar refractivity (Wildman–Crippen MR) is 61.4 cm³/mol. The lowest BCUT2D eigenvalue weighted by Gasteiger charge is -2.12. The van der Waals surface area contributed by atoms with Crippen molar-refractivity contribution in [3.8, 4) is 0 Å². The van der Waals surface area contributed by atoms with Gasteiger partial charge in [0.15, 0.2) is 0 Å². The van der Waals surface area contributed by atoms with E-state index in [1.807, 2.05) is 31.2 Å². The summed E-state index contributed by atoms with van der Waals surface area (Å²) in [5.74, 6) is 0. The molecule has 5 heteroatoms. The number of para-hydroxylation sites is 1. The van der Waals surface area contributed by atoms with Gasteiger partial charge in [-0.1, -0.05) is 18.2 Å². The standard InChI is InChI=1S/C9H11N3.CH2O2/c1-8-6-4-5-7-9(8)12(10-2)11-3;2-1-3/h4-7H,2-3H2,1H3;1H,(H,2,3). The minimum absolute atomic E-state index is 0.250. The maximum absolute atomic E-state index is 8.36. The van der Waals surface area contributed by atoms with Crippen molar-refractivity contribution in [2.75, 3.05) is 5.12 Å². The maximum Gasteiger partial charge on any atom is 0.290 e. The van der Waals surface area contributed by atoms with Crippen molar-refractivity contribution in [1.29, 1.82) is 0 Å². The number of benzene rings is 1. The molecule has 80 valence electrons. The average molecular weight is 207 g/mol. The van der Waals surface area contributed by atoms with Crippen LogP contribution in [0.3, 0.4) is 0 Å². The molecule has 1 N–H and O–H groups in total. The lowest BCUT2D eigenvalue weighted by Crippen LogP contribution is -2.06. The van der Waals surface area contributed by atoms with Crippen molar-refractivity contribution in [2.45, 2.75) is 6.92 Å². The Morgan fingerprint density at radius 1 is 1.33 bits per heavy atom. The Kier molecular flexibility index (Phi) is 6.20. The van der Waals surface area contributed by atoms with Crippen molar-refractivity contribution in [1.82, 2.24) is 0 Å². The van der Waals surface area contributed by atoms with Crippen LogP contribution in [0.1, 0.15) is 5.56 Å². The van der Waals surface area contributed by atoms with Crippen LogP contribution in [0.4, 0.5) is 5.69 Å². The molecular formula is C10H13N3O2. The zero-order valence-electron chi connectivity index (χ0n) is 8.50. The molecular weight excluding hydrogens is 194 g/mol. The second kappa shape index (κ2) is 7.25. The third kappa shape index (κ3) is 4.04. The van der Waals surface area contributed by atoms with Crippen LogP contribution in [0.15, 0.2) is 34.5 Å². The summed E-state index contributed by atoms with van der Waals surface area (Å²) >= 11 is 0.